The maximum Gasteiger partial charge on any atom is 0.422 e. The van der Waals surface area contributed by atoms with Crippen molar-refractivity contribution < 1.29 is 22.6 Å². The molecule has 2 aliphatic heterocycles. The Hall–Kier alpha value is -1.30. The lowest BCUT2D eigenvalue weighted by molar-refractivity contribution is -0.154. The van der Waals surface area contributed by atoms with Crippen molar-refractivity contribution in [2.45, 2.75) is 25.6 Å². The molecule has 6 nitrogen and oxygen atoms in total. The molecule has 2 saturated heterocycles. The normalized spacial score (nSPS) is 22.8. The highest BCUT2D eigenvalue weighted by Gasteiger charge is 2.42. The van der Waals surface area contributed by atoms with Gasteiger partial charge in [0.05, 0.1) is 6.61 Å². The van der Waals surface area contributed by atoms with Crippen LogP contribution < -0.4 is 10.1 Å². The molecule has 0 radical (unpaired) electrons. The quantitative estimate of drug-likeness (QED) is 0.392. The first-order valence-corrected chi connectivity index (χ1v) is 8.57. The van der Waals surface area contributed by atoms with Crippen LogP contribution in [0.3, 0.4) is 0 Å². The first-order valence-electron chi connectivity index (χ1n) is 8.57. The van der Waals surface area contributed by atoms with Gasteiger partial charge in [-0.05, 0) is 24.5 Å². The largest absolute Gasteiger partial charge is 0.468 e. The molecule has 0 aromatic carbocycles. The summed E-state index contributed by atoms with van der Waals surface area (Å²) in [6.07, 6.45) is -0.789. The fourth-order valence-corrected chi connectivity index (χ4v) is 3.40. The number of rotatable bonds is 4. The lowest BCUT2D eigenvalue weighted by atomic mass is 9.87. The number of likely N-dealkylation sites (tertiary alicyclic amines) is 1. The maximum atomic E-state index is 12.2. The van der Waals surface area contributed by atoms with Crippen molar-refractivity contribution in [2.24, 2.45) is 10.4 Å². The molecule has 10 heteroatoms. The molecule has 1 aromatic rings. The van der Waals surface area contributed by atoms with Crippen molar-refractivity contribution in [3.63, 3.8) is 0 Å². The Bertz CT molecular complexity index is 651. The van der Waals surface area contributed by atoms with Crippen LogP contribution in [0.5, 0.6) is 5.88 Å². The molecular weight excluding hydrogens is 476 g/mol. The molecular formula is C17H24F3IN4O2. The first-order chi connectivity index (χ1) is 12.4. The molecule has 1 N–H and O–H groups in total. The average Bonchev–Trinajstić information content (AvgIpc) is 3.24. The van der Waals surface area contributed by atoms with E-state index < -0.39 is 12.8 Å². The van der Waals surface area contributed by atoms with Crippen molar-refractivity contribution >= 4 is 29.9 Å². The predicted molar refractivity (Wildman–Crippen MR) is 105 cm³/mol. The molecule has 3 heterocycles. The fraction of sp³-hybridized carbons (Fsp3) is 0.647. The number of nitrogens with zero attached hydrogens (tertiary/aromatic N) is 3. The lowest BCUT2D eigenvalue weighted by Crippen LogP contribution is -2.41. The molecule has 1 aromatic heterocycles. The van der Waals surface area contributed by atoms with E-state index in [1.54, 1.807) is 13.1 Å². The van der Waals surface area contributed by atoms with E-state index in [2.05, 4.69) is 24.9 Å². The van der Waals surface area contributed by atoms with Crippen LogP contribution in [0.4, 0.5) is 13.2 Å². The van der Waals surface area contributed by atoms with Crippen molar-refractivity contribution in [3.05, 3.63) is 23.9 Å². The Morgan fingerprint density at radius 1 is 1.44 bits per heavy atom. The van der Waals surface area contributed by atoms with Crippen molar-refractivity contribution in [2.75, 3.05) is 40.0 Å². The SMILES string of the molecule is CN=C(NCc1ccnc(OCC(F)(F)F)c1)N1CCC2(CCOC2)C1.I. The summed E-state index contributed by atoms with van der Waals surface area (Å²) in [6, 6.07) is 3.24. The summed E-state index contributed by atoms with van der Waals surface area (Å²) >= 11 is 0. The molecule has 2 fully saturated rings. The first kappa shape index (κ1) is 22.0. The third kappa shape index (κ3) is 6.09. The summed E-state index contributed by atoms with van der Waals surface area (Å²) in [7, 11) is 1.73. The van der Waals surface area contributed by atoms with Gasteiger partial charge in [0.2, 0.25) is 5.88 Å². The second-order valence-electron chi connectivity index (χ2n) is 6.78. The van der Waals surface area contributed by atoms with Gasteiger partial charge in [-0.3, -0.25) is 4.99 Å². The number of aliphatic imine (C=N–C) groups is 1. The fourth-order valence-electron chi connectivity index (χ4n) is 3.40. The van der Waals surface area contributed by atoms with Crippen LogP contribution in [-0.2, 0) is 11.3 Å². The van der Waals surface area contributed by atoms with Gasteiger partial charge in [0.15, 0.2) is 12.6 Å². The van der Waals surface area contributed by atoms with Crippen LogP contribution in [0.25, 0.3) is 0 Å². The van der Waals surface area contributed by atoms with E-state index in [4.69, 9.17) is 4.74 Å². The molecule has 1 spiro atoms. The van der Waals surface area contributed by atoms with E-state index in [-0.39, 0.29) is 35.3 Å². The van der Waals surface area contributed by atoms with Crippen LogP contribution in [-0.4, -0.2) is 62.0 Å². The van der Waals surface area contributed by atoms with Gasteiger partial charge in [-0.1, -0.05) is 0 Å². The summed E-state index contributed by atoms with van der Waals surface area (Å²) in [5.74, 6) is 0.739. The zero-order chi connectivity index (χ0) is 18.6. The van der Waals surface area contributed by atoms with Crippen LogP contribution in [0.1, 0.15) is 18.4 Å². The van der Waals surface area contributed by atoms with Gasteiger partial charge >= 0.3 is 6.18 Å². The van der Waals surface area contributed by atoms with E-state index in [1.807, 2.05) is 0 Å². The Balaban J connectivity index is 0.00000261. The molecule has 0 bridgehead atoms. The molecule has 1 atom stereocenters. The second kappa shape index (κ2) is 9.26. The standard InChI is InChI=1S/C17H23F3N4O2.HI/c1-21-15(24-6-3-16(10-24)4-7-25-11-16)23-9-13-2-5-22-14(8-13)26-12-17(18,19)20;/h2,5,8H,3-4,6-7,9-12H2,1H3,(H,21,23);1H. The van der Waals surface area contributed by atoms with E-state index in [1.165, 1.54) is 12.3 Å². The van der Waals surface area contributed by atoms with Gasteiger partial charge in [-0.25, -0.2) is 4.98 Å². The van der Waals surface area contributed by atoms with Crippen molar-refractivity contribution in [1.29, 1.82) is 0 Å². The minimum atomic E-state index is -4.38. The number of aromatic nitrogens is 1. The van der Waals surface area contributed by atoms with Crippen molar-refractivity contribution in [3.8, 4) is 5.88 Å². The summed E-state index contributed by atoms with van der Waals surface area (Å²) in [6.45, 7) is 2.51. The van der Waals surface area contributed by atoms with Crippen LogP contribution in [0.2, 0.25) is 0 Å². The van der Waals surface area contributed by atoms with Gasteiger partial charge in [0.25, 0.3) is 0 Å². The summed E-state index contributed by atoms with van der Waals surface area (Å²) in [4.78, 5) is 10.3. The van der Waals surface area contributed by atoms with Crippen LogP contribution in [0, 0.1) is 5.41 Å². The second-order valence-corrected chi connectivity index (χ2v) is 6.78. The van der Waals surface area contributed by atoms with Gasteiger partial charge in [-0.15, -0.1) is 24.0 Å². The highest BCUT2D eigenvalue weighted by Crippen LogP contribution is 2.38. The van der Waals surface area contributed by atoms with Gasteiger partial charge in [0.1, 0.15) is 0 Å². The number of ether oxygens (including phenoxy) is 2. The molecule has 3 rings (SSSR count). The van der Waals surface area contributed by atoms with Gasteiger partial charge in [0, 0.05) is 51.0 Å². The topological polar surface area (TPSA) is 59.0 Å². The molecule has 0 amide bonds. The molecule has 0 aliphatic carbocycles. The third-order valence-electron chi connectivity index (χ3n) is 4.77. The highest BCUT2D eigenvalue weighted by molar-refractivity contribution is 14.0. The van der Waals surface area contributed by atoms with E-state index in [9.17, 15) is 13.2 Å². The Morgan fingerprint density at radius 3 is 2.93 bits per heavy atom. The number of alkyl halides is 3. The minimum Gasteiger partial charge on any atom is -0.468 e. The number of pyridine rings is 1. The Kier molecular flexibility index (Phi) is 7.55. The van der Waals surface area contributed by atoms with Crippen LogP contribution >= 0.6 is 24.0 Å². The molecule has 27 heavy (non-hydrogen) atoms. The van der Waals surface area contributed by atoms with E-state index in [0.29, 0.717) is 6.54 Å². The minimum absolute atomic E-state index is 0. The van der Waals surface area contributed by atoms with Crippen LogP contribution in [0.15, 0.2) is 23.3 Å². The molecule has 152 valence electrons. The maximum absolute atomic E-state index is 12.2. The summed E-state index contributed by atoms with van der Waals surface area (Å²) < 4.78 is 47.0. The Labute approximate surface area is 173 Å². The molecule has 0 saturated carbocycles. The van der Waals surface area contributed by atoms with Gasteiger partial charge < -0.3 is 19.7 Å². The number of hydrogen-bond donors (Lipinski definition) is 1. The third-order valence-corrected chi connectivity index (χ3v) is 4.77. The number of hydrogen-bond acceptors (Lipinski definition) is 4. The van der Waals surface area contributed by atoms with Crippen molar-refractivity contribution in [1.82, 2.24) is 15.2 Å². The number of nitrogens with one attached hydrogen (secondary N) is 1. The monoisotopic (exact) mass is 500 g/mol. The van der Waals surface area contributed by atoms with E-state index in [0.717, 1.165) is 50.7 Å². The molecule has 2 aliphatic rings. The summed E-state index contributed by atoms with van der Waals surface area (Å²) in [5.41, 5.74) is 1.00. The zero-order valence-corrected chi connectivity index (χ0v) is 17.4. The Morgan fingerprint density at radius 2 is 2.26 bits per heavy atom. The number of guanidine groups is 1. The summed E-state index contributed by atoms with van der Waals surface area (Å²) in [5, 5.41) is 3.26. The van der Waals surface area contributed by atoms with E-state index >= 15 is 0 Å². The smallest absolute Gasteiger partial charge is 0.422 e. The number of halogens is 4. The zero-order valence-electron chi connectivity index (χ0n) is 15.1. The predicted octanol–water partition coefficient (Wildman–Crippen LogP) is 2.83. The lowest BCUT2D eigenvalue weighted by Gasteiger charge is -2.25. The van der Waals surface area contributed by atoms with Gasteiger partial charge in [-0.2, -0.15) is 13.2 Å². The average molecular weight is 500 g/mol. The highest BCUT2D eigenvalue weighted by atomic mass is 127. The molecule has 1 unspecified atom stereocenters.